The minimum Gasteiger partial charge on any atom is -0.383 e. The summed E-state index contributed by atoms with van der Waals surface area (Å²) in [4.78, 5) is 37.3. The Morgan fingerprint density at radius 2 is 2.03 bits per heavy atom. The highest BCUT2D eigenvalue weighted by Crippen LogP contribution is 2.32. The standard InChI is InChI=1S/C25H33N7O5/c1-16(33)31(2)15-18-11-17-7-6-9-32(23(17)30-22(18)24(36-4)37-5)25(34)29-21-12-20(27-8-10-35-3)19(13-26)14-28-21/h11-12,14,24H,6-10,15H2,1-5H3,(H2,27,28,29,34). The van der Waals surface area contributed by atoms with Crippen LogP contribution in [0.2, 0.25) is 0 Å². The predicted octanol–water partition coefficient (Wildman–Crippen LogP) is 2.66. The summed E-state index contributed by atoms with van der Waals surface area (Å²) >= 11 is 0. The van der Waals surface area contributed by atoms with Gasteiger partial charge < -0.3 is 24.4 Å². The van der Waals surface area contributed by atoms with Crippen molar-refractivity contribution in [2.45, 2.75) is 32.6 Å². The number of ether oxygens (including phenoxy) is 3. The summed E-state index contributed by atoms with van der Waals surface area (Å²) in [5.41, 5.74) is 3.08. The Morgan fingerprint density at radius 3 is 2.68 bits per heavy atom. The lowest BCUT2D eigenvalue weighted by Crippen LogP contribution is -2.40. The summed E-state index contributed by atoms with van der Waals surface area (Å²) < 4.78 is 16.0. The SMILES string of the molecule is COCCNc1cc(NC(=O)N2CCCc3cc(CN(C)C(C)=O)c(C(OC)OC)nc32)ncc1C#N. The molecule has 3 amide bonds. The van der Waals surface area contributed by atoms with Crippen molar-refractivity contribution >= 4 is 29.3 Å². The van der Waals surface area contributed by atoms with E-state index in [1.165, 1.54) is 27.3 Å². The molecule has 0 unspecified atom stereocenters. The van der Waals surface area contributed by atoms with Gasteiger partial charge in [-0.05, 0) is 30.0 Å². The van der Waals surface area contributed by atoms with E-state index in [1.54, 1.807) is 30.0 Å². The van der Waals surface area contributed by atoms with Crippen LogP contribution >= 0.6 is 0 Å². The van der Waals surface area contributed by atoms with Crippen LogP contribution in [0.15, 0.2) is 18.3 Å². The van der Waals surface area contributed by atoms with Gasteiger partial charge in [0, 0.05) is 67.2 Å². The number of pyridine rings is 2. The zero-order chi connectivity index (χ0) is 26.9. The van der Waals surface area contributed by atoms with Gasteiger partial charge in [0.25, 0.3) is 0 Å². The second kappa shape index (κ2) is 13.0. The third kappa shape index (κ3) is 6.71. The lowest BCUT2D eigenvalue weighted by molar-refractivity contribution is -0.128. The summed E-state index contributed by atoms with van der Waals surface area (Å²) in [5.74, 6) is 0.712. The number of hydrogen-bond donors (Lipinski definition) is 2. The molecule has 0 fully saturated rings. The van der Waals surface area contributed by atoms with Gasteiger partial charge in [-0.2, -0.15) is 5.26 Å². The topological polar surface area (TPSA) is 142 Å². The normalized spacial score (nSPS) is 12.6. The Morgan fingerprint density at radius 1 is 1.27 bits per heavy atom. The Bertz CT molecular complexity index is 1160. The van der Waals surface area contributed by atoms with E-state index in [2.05, 4.69) is 21.7 Å². The number of aromatic nitrogens is 2. The van der Waals surface area contributed by atoms with Crippen LogP contribution < -0.4 is 15.5 Å². The Balaban J connectivity index is 1.91. The van der Waals surface area contributed by atoms with Gasteiger partial charge in [-0.3, -0.25) is 15.0 Å². The van der Waals surface area contributed by atoms with E-state index >= 15 is 0 Å². The third-order valence-electron chi connectivity index (χ3n) is 6.00. The number of aryl methyl sites for hydroxylation is 1. The molecular weight excluding hydrogens is 478 g/mol. The fourth-order valence-corrected chi connectivity index (χ4v) is 4.00. The first-order valence-corrected chi connectivity index (χ1v) is 11.8. The van der Waals surface area contributed by atoms with Crippen LogP contribution in [-0.2, 0) is 32.0 Å². The highest BCUT2D eigenvalue weighted by molar-refractivity contribution is 6.01. The van der Waals surface area contributed by atoms with Crippen LogP contribution in [0, 0.1) is 11.3 Å². The van der Waals surface area contributed by atoms with Crippen molar-refractivity contribution in [1.29, 1.82) is 5.26 Å². The maximum Gasteiger partial charge on any atom is 0.328 e. The second-order valence-electron chi connectivity index (χ2n) is 8.53. The lowest BCUT2D eigenvalue weighted by atomic mass is 10.0. The van der Waals surface area contributed by atoms with Crippen LogP contribution in [0.4, 0.5) is 22.1 Å². The number of amides is 3. The Labute approximate surface area is 216 Å². The molecule has 0 saturated heterocycles. The second-order valence-corrected chi connectivity index (χ2v) is 8.53. The molecule has 3 rings (SSSR count). The van der Waals surface area contributed by atoms with Gasteiger partial charge in [0.15, 0.2) is 0 Å². The molecule has 2 aromatic rings. The number of carbonyl (C=O) groups is 2. The van der Waals surface area contributed by atoms with Gasteiger partial charge in [0.05, 0.1) is 17.9 Å². The molecule has 1 aliphatic heterocycles. The largest absolute Gasteiger partial charge is 0.383 e. The van der Waals surface area contributed by atoms with Crippen molar-refractivity contribution in [2.24, 2.45) is 0 Å². The quantitative estimate of drug-likeness (QED) is 0.364. The first-order valence-electron chi connectivity index (χ1n) is 11.8. The number of nitrogens with one attached hydrogen (secondary N) is 2. The molecule has 12 heteroatoms. The minimum atomic E-state index is -0.770. The van der Waals surface area contributed by atoms with Crippen LogP contribution in [0.25, 0.3) is 0 Å². The number of nitriles is 1. The van der Waals surface area contributed by atoms with Crippen molar-refractivity contribution in [1.82, 2.24) is 14.9 Å². The molecular formula is C25H33N7O5. The first kappa shape index (κ1) is 27.8. The molecule has 0 aliphatic carbocycles. The maximum absolute atomic E-state index is 13.3. The molecule has 2 aromatic heterocycles. The maximum atomic E-state index is 13.3. The van der Waals surface area contributed by atoms with Crippen molar-refractivity contribution in [3.8, 4) is 6.07 Å². The fourth-order valence-electron chi connectivity index (χ4n) is 4.00. The molecule has 0 bridgehead atoms. The number of rotatable bonds is 10. The van der Waals surface area contributed by atoms with E-state index in [9.17, 15) is 14.9 Å². The lowest BCUT2D eigenvalue weighted by Gasteiger charge is -2.31. The highest BCUT2D eigenvalue weighted by Gasteiger charge is 2.29. The minimum absolute atomic E-state index is 0.0814. The molecule has 0 aromatic carbocycles. The van der Waals surface area contributed by atoms with E-state index in [4.69, 9.17) is 19.2 Å². The van der Waals surface area contributed by atoms with Crippen molar-refractivity contribution < 1.29 is 23.8 Å². The molecule has 3 heterocycles. The van der Waals surface area contributed by atoms with Crippen LogP contribution in [-0.4, -0.2) is 74.9 Å². The van der Waals surface area contributed by atoms with E-state index in [0.717, 1.165) is 24.0 Å². The number of urea groups is 1. The molecule has 198 valence electrons. The van der Waals surface area contributed by atoms with E-state index in [0.29, 0.717) is 54.8 Å². The van der Waals surface area contributed by atoms with Gasteiger partial charge in [0.2, 0.25) is 12.2 Å². The number of fused-ring (bicyclic) bond motifs is 1. The molecule has 37 heavy (non-hydrogen) atoms. The van der Waals surface area contributed by atoms with Crippen molar-refractivity contribution in [3.63, 3.8) is 0 Å². The van der Waals surface area contributed by atoms with E-state index < -0.39 is 12.3 Å². The molecule has 0 saturated carbocycles. The molecule has 0 atom stereocenters. The summed E-state index contributed by atoms with van der Waals surface area (Å²) in [6.07, 6.45) is 2.11. The predicted molar refractivity (Wildman–Crippen MR) is 137 cm³/mol. The summed E-state index contributed by atoms with van der Waals surface area (Å²) in [6, 6.07) is 5.25. The summed E-state index contributed by atoms with van der Waals surface area (Å²) in [6.45, 7) is 3.24. The zero-order valence-electron chi connectivity index (χ0n) is 21.8. The molecule has 0 radical (unpaired) electrons. The zero-order valence-corrected chi connectivity index (χ0v) is 21.8. The average molecular weight is 512 g/mol. The molecule has 2 N–H and O–H groups in total. The molecule has 12 nitrogen and oxygen atoms in total. The first-order chi connectivity index (χ1) is 17.8. The van der Waals surface area contributed by atoms with Crippen molar-refractivity contribution in [2.75, 3.05) is 63.6 Å². The summed E-state index contributed by atoms with van der Waals surface area (Å²) in [5, 5.41) is 15.3. The Hall–Kier alpha value is -3.79. The number of nitrogens with zero attached hydrogens (tertiary/aromatic N) is 5. The monoisotopic (exact) mass is 511 g/mol. The van der Waals surface area contributed by atoms with E-state index in [-0.39, 0.29) is 5.91 Å². The number of methoxy groups -OCH3 is 3. The van der Waals surface area contributed by atoms with Crippen LogP contribution in [0.1, 0.15) is 42.0 Å². The van der Waals surface area contributed by atoms with Crippen LogP contribution in [0.5, 0.6) is 0 Å². The highest BCUT2D eigenvalue weighted by atomic mass is 16.7. The van der Waals surface area contributed by atoms with Crippen molar-refractivity contribution in [3.05, 3.63) is 40.7 Å². The third-order valence-corrected chi connectivity index (χ3v) is 6.00. The fraction of sp³-hybridized carbons (Fsp3) is 0.480. The number of anilines is 3. The number of hydrogen-bond acceptors (Lipinski definition) is 9. The van der Waals surface area contributed by atoms with Gasteiger partial charge in [-0.15, -0.1) is 0 Å². The van der Waals surface area contributed by atoms with Crippen LogP contribution in [0.3, 0.4) is 0 Å². The molecule has 0 spiro atoms. The smallest absolute Gasteiger partial charge is 0.328 e. The van der Waals surface area contributed by atoms with Gasteiger partial charge in [-0.25, -0.2) is 14.8 Å². The van der Waals surface area contributed by atoms with Gasteiger partial charge in [-0.1, -0.05) is 0 Å². The number of carbonyl (C=O) groups excluding carboxylic acids is 2. The molecule has 1 aliphatic rings. The van der Waals surface area contributed by atoms with Gasteiger partial charge >= 0.3 is 6.03 Å². The Kier molecular flexibility index (Phi) is 9.73. The van der Waals surface area contributed by atoms with Gasteiger partial charge in [0.1, 0.15) is 23.4 Å². The average Bonchev–Trinajstić information content (AvgIpc) is 2.89. The summed E-state index contributed by atoms with van der Waals surface area (Å²) in [7, 11) is 6.32. The van der Waals surface area contributed by atoms with E-state index in [1.807, 2.05) is 6.07 Å².